The number of rotatable bonds is 3. The Morgan fingerprint density at radius 3 is 2.50 bits per heavy atom. The third kappa shape index (κ3) is 3.85. The van der Waals surface area contributed by atoms with Crippen molar-refractivity contribution < 1.29 is 19.4 Å². The lowest BCUT2D eigenvalue weighted by Gasteiger charge is -2.36. The van der Waals surface area contributed by atoms with Gasteiger partial charge in [-0.15, -0.1) is 0 Å². The number of carboxylic acids is 1. The molecule has 2 fully saturated rings. The molecule has 2 amide bonds. The van der Waals surface area contributed by atoms with E-state index in [0.717, 1.165) is 32.1 Å². The van der Waals surface area contributed by atoms with Crippen molar-refractivity contribution in [1.82, 2.24) is 10.6 Å². The van der Waals surface area contributed by atoms with Gasteiger partial charge in [-0.2, -0.15) is 0 Å². The SMILES string of the molecule is CC1(NC(=O)NC2CCCCC2C(=O)O)CCOCC1. The minimum atomic E-state index is -0.813. The van der Waals surface area contributed by atoms with E-state index >= 15 is 0 Å². The fourth-order valence-corrected chi connectivity index (χ4v) is 3.02. The van der Waals surface area contributed by atoms with Gasteiger partial charge in [0.05, 0.1) is 5.92 Å². The number of aliphatic carboxylic acids is 1. The van der Waals surface area contributed by atoms with E-state index < -0.39 is 11.9 Å². The van der Waals surface area contributed by atoms with Gasteiger partial charge in [0, 0.05) is 24.8 Å². The fourth-order valence-electron chi connectivity index (χ4n) is 3.02. The number of carbonyl (C=O) groups excluding carboxylic acids is 1. The summed E-state index contributed by atoms with van der Waals surface area (Å²) in [4.78, 5) is 23.3. The predicted molar refractivity (Wildman–Crippen MR) is 73.5 cm³/mol. The summed E-state index contributed by atoms with van der Waals surface area (Å²) in [6, 6.07) is -0.516. The number of hydrogen-bond donors (Lipinski definition) is 3. The summed E-state index contributed by atoms with van der Waals surface area (Å²) >= 11 is 0. The van der Waals surface area contributed by atoms with Crippen LogP contribution in [-0.2, 0) is 9.53 Å². The maximum atomic E-state index is 12.1. The van der Waals surface area contributed by atoms with Gasteiger partial charge in [-0.25, -0.2) is 4.79 Å². The molecule has 2 aliphatic rings. The summed E-state index contributed by atoms with van der Waals surface area (Å²) in [6.07, 6.45) is 4.85. The molecule has 20 heavy (non-hydrogen) atoms. The standard InChI is InChI=1S/C14H24N2O4/c1-14(6-8-20-9-7-14)16-13(19)15-11-5-3-2-4-10(11)12(17)18/h10-11H,2-9H2,1H3,(H,17,18)(H2,15,16,19). The first-order valence-electron chi connectivity index (χ1n) is 7.39. The Morgan fingerprint density at radius 2 is 1.85 bits per heavy atom. The van der Waals surface area contributed by atoms with E-state index in [-0.39, 0.29) is 17.6 Å². The second kappa shape index (κ2) is 6.43. The molecule has 2 rings (SSSR count). The first-order chi connectivity index (χ1) is 9.50. The molecule has 1 aliphatic heterocycles. The van der Waals surface area contributed by atoms with E-state index in [1.54, 1.807) is 0 Å². The Labute approximate surface area is 119 Å². The highest BCUT2D eigenvalue weighted by Gasteiger charge is 2.34. The zero-order valence-corrected chi connectivity index (χ0v) is 12.0. The van der Waals surface area contributed by atoms with Crippen LogP contribution in [0.5, 0.6) is 0 Å². The molecule has 2 unspecified atom stereocenters. The molecule has 1 saturated carbocycles. The summed E-state index contributed by atoms with van der Waals surface area (Å²) in [6.45, 7) is 3.31. The van der Waals surface area contributed by atoms with Gasteiger partial charge in [0.2, 0.25) is 0 Å². The number of amides is 2. The summed E-state index contributed by atoms with van der Waals surface area (Å²) in [5.74, 6) is -1.27. The minimum Gasteiger partial charge on any atom is -0.481 e. The second-order valence-corrected chi connectivity index (χ2v) is 6.11. The molecule has 6 nitrogen and oxygen atoms in total. The predicted octanol–water partition coefficient (Wildman–Crippen LogP) is 1.50. The molecule has 114 valence electrons. The lowest BCUT2D eigenvalue weighted by atomic mass is 9.84. The molecule has 0 aromatic carbocycles. The zero-order chi connectivity index (χ0) is 14.6. The van der Waals surface area contributed by atoms with Gasteiger partial charge in [-0.3, -0.25) is 4.79 Å². The number of urea groups is 1. The monoisotopic (exact) mass is 284 g/mol. The van der Waals surface area contributed by atoms with Crippen LogP contribution >= 0.6 is 0 Å². The van der Waals surface area contributed by atoms with E-state index in [1.807, 2.05) is 6.92 Å². The Hall–Kier alpha value is -1.30. The number of hydrogen-bond acceptors (Lipinski definition) is 3. The van der Waals surface area contributed by atoms with Crippen LogP contribution in [0.2, 0.25) is 0 Å². The molecule has 0 spiro atoms. The molecular weight excluding hydrogens is 260 g/mol. The van der Waals surface area contributed by atoms with Crippen molar-refractivity contribution in [2.75, 3.05) is 13.2 Å². The minimum absolute atomic E-state index is 0.254. The average molecular weight is 284 g/mol. The summed E-state index contributed by atoms with van der Waals surface area (Å²) in [7, 11) is 0. The topological polar surface area (TPSA) is 87.7 Å². The van der Waals surface area contributed by atoms with Crippen molar-refractivity contribution >= 4 is 12.0 Å². The van der Waals surface area contributed by atoms with Crippen LogP contribution < -0.4 is 10.6 Å². The van der Waals surface area contributed by atoms with Gasteiger partial charge in [0.1, 0.15) is 0 Å². The van der Waals surface area contributed by atoms with Crippen LogP contribution in [0.4, 0.5) is 4.79 Å². The maximum Gasteiger partial charge on any atom is 0.315 e. The first-order valence-corrected chi connectivity index (χ1v) is 7.39. The average Bonchev–Trinajstić information content (AvgIpc) is 2.39. The summed E-state index contributed by atoms with van der Waals surface area (Å²) in [5.41, 5.74) is -0.254. The van der Waals surface area contributed by atoms with Crippen molar-refractivity contribution in [1.29, 1.82) is 0 Å². The second-order valence-electron chi connectivity index (χ2n) is 6.11. The highest BCUT2D eigenvalue weighted by atomic mass is 16.5. The van der Waals surface area contributed by atoms with Crippen molar-refractivity contribution in [3.63, 3.8) is 0 Å². The Morgan fingerprint density at radius 1 is 1.20 bits per heavy atom. The smallest absolute Gasteiger partial charge is 0.315 e. The third-order valence-electron chi connectivity index (χ3n) is 4.41. The van der Waals surface area contributed by atoms with E-state index in [9.17, 15) is 14.7 Å². The van der Waals surface area contributed by atoms with Crippen LogP contribution in [0.25, 0.3) is 0 Å². The molecule has 0 bridgehead atoms. The molecule has 0 radical (unpaired) electrons. The van der Waals surface area contributed by atoms with Crippen molar-refractivity contribution in [2.24, 2.45) is 5.92 Å². The molecule has 1 heterocycles. The molecule has 1 saturated heterocycles. The van der Waals surface area contributed by atoms with Gasteiger partial charge >= 0.3 is 12.0 Å². The Balaban J connectivity index is 1.87. The van der Waals surface area contributed by atoms with Crippen LogP contribution in [0.3, 0.4) is 0 Å². The number of nitrogens with one attached hydrogen (secondary N) is 2. The Kier molecular flexibility index (Phi) is 4.86. The van der Waals surface area contributed by atoms with E-state index in [2.05, 4.69) is 10.6 Å². The van der Waals surface area contributed by atoms with E-state index in [1.165, 1.54) is 0 Å². The molecule has 6 heteroatoms. The van der Waals surface area contributed by atoms with Crippen LogP contribution in [0, 0.1) is 5.92 Å². The molecular formula is C14H24N2O4. The lowest BCUT2D eigenvalue weighted by molar-refractivity contribution is -0.143. The normalized spacial score (nSPS) is 29.4. The number of carbonyl (C=O) groups is 2. The van der Waals surface area contributed by atoms with E-state index in [0.29, 0.717) is 19.6 Å². The molecule has 1 aliphatic carbocycles. The van der Waals surface area contributed by atoms with Crippen LogP contribution in [0.1, 0.15) is 45.4 Å². The van der Waals surface area contributed by atoms with Crippen LogP contribution in [-0.4, -0.2) is 41.9 Å². The van der Waals surface area contributed by atoms with Gasteiger partial charge in [-0.1, -0.05) is 12.8 Å². The first kappa shape index (κ1) is 15.1. The number of ether oxygens (including phenoxy) is 1. The fraction of sp³-hybridized carbons (Fsp3) is 0.857. The summed E-state index contributed by atoms with van der Waals surface area (Å²) in [5, 5.41) is 15.0. The van der Waals surface area contributed by atoms with Crippen molar-refractivity contribution in [2.45, 2.75) is 57.0 Å². The highest BCUT2D eigenvalue weighted by molar-refractivity contribution is 5.77. The molecule has 0 aromatic rings. The van der Waals surface area contributed by atoms with Gasteiger partial charge in [0.25, 0.3) is 0 Å². The van der Waals surface area contributed by atoms with Crippen LogP contribution in [0.15, 0.2) is 0 Å². The highest BCUT2D eigenvalue weighted by Crippen LogP contribution is 2.25. The third-order valence-corrected chi connectivity index (χ3v) is 4.41. The Bertz CT molecular complexity index is 366. The lowest BCUT2D eigenvalue weighted by Crippen LogP contribution is -2.56. The molecule has 2 atom stereocenters. The van der Waals surface area contributed by atoms with Gasteiger partial charge in [0.15, 0.2) is 0 Å². The largest absolute Gasteiger partial charge is 0.481 e. The van der Waals surface area contributed by atoms with Crippen molar-refractivity contribution in [3.8, 4) is 0 Å². The van der Waals surface area contributed by atoms with Gasteiger partial charge < -0.3 is 20.5 Å². The summed E-state index contributed by atoms with van der Waals surface area (Å²) < 4.78 is 5.30. The number of carboxylic acid groups (broad SMARTS) is 1. The quantitative estimate of drug-likeness (QED) is 0.733. The molecule has 3 N–H and O–H groups in total. The zero-order valence-electron chi connectivity index (χ0n) is 12.0. The van der Waals surface area contributed by atoms with Gasteiger partial charge in [-0.05, 0) is 32.6 Å². The van der Waals surface area contributed by atoms with E-state index in [4.69, 9.17) is 4.74 Å². The molecule has 0 aromatic heterocycles. The van der Waals surface area contributed by atoms with Crippen molar-refractivity contribution in [3.05, 3.63) is 0 Å². The maximum absolute atomic E-state index is 12.1.